The smallest absolute Gasteiger partial charge is 0.138 e. The summed E-state index contributed by atoms with van der Waals surface area (Å²) in [5, 5.41) is 4.14. The first-order valence-corrected chi connectivity index (χ1v) is 8.66. The summed E-state index contributed by atoms with van der Waals surface area (Å²) in [5.41, 5.74) is 2.85. The molecule has 0 amide bonds. The van der Waals surface area contributed by atoms with Crippen LogP contribution in [-0.2, 0) is 13.0 Å². The van der Waals surface area contributed by atoms with E-state index in [0.717, 1.165) is 16.9 Å². The largest absolute Gasteiger partial charge is 0.323 e. The third-order valence-corrected chi connectivity index (χ3v) is 4.86. The van der Waals surface area contributed by atoms with E-state index in [1.165, 1.54) is 5.56 Å². The summed E-state index contributed by atoms with van der Waals surface area (Å²) >= 11 is 9.50. The quantitative estimate of drug-likeness (QED) is 0.443. The fraction of sp³-hybridized carbons (Fsp3) is 0.214. The first kappa shape index (κ1) is 14.3. The predicted molar refractivity (Wildman–Crippen MR) is 90.3 cm³/mol. The van der Waals surface area contributed by atoms with Crippen LogP contribution in [0.5, 0.6) is 0 Å². The van der Waals surface area contributed by atoms with E-state index >= 15 is 0 Å². The molecule has 0 aliphatic heterocycles. The summed E-state index contributed by atoms with van der Waals surface area (Å²) in [6.45, 7) is 0.701. The van der Waals surface area contributed by atoms with Crippen molar-refractivity contribution in [2.75, 3.05) is 5.88 Å². The minimum atomic E-state index is -0.206. The number of alkyl halides is 1. The summed E-state index contributed by atoms with van der Waals surface area (Å²) in [6.07, 6.45) is 0.679. The van der Waals surface area contributed by atoms with Crippen molar-refractivity contribution in [2.45, 2.75) is 13.0 Å². The molecule has 0 N–H and O–H groups in total. The van der Waals surface area contributed by atoms with Gasteiger partial charge in [-0.1, -0.05) is 0 Å². The molecule has 0 radical (unpaired) electrons. The number of thiophene rings is 1. The van der Waals surface area contributed by atoms with E-state index in [2.05, 4.69) is 21.0 Å². The Bertz CT molecular complexity index is 739. The summed E-state index contributed by atoms with van der Waals surface area (Å²) in [6, 6.07) is 5.42. The first-order valence-electron chi connectivity index (χ1n) is 6.10. The van der Waals surface area contributed by atoms with Gasteiger partial charge in [0.05, 0.1) is 21.1 Å². The molecule has 0 bridgehead atoms. The minimum absolute atomic E-state index is 0.206. The van der Waals surface area contributed by atoms with Gasteiger partial charge in [-0.25, -0.2) is 9.37 Å². The SMILES string of the molecule is Fc1cc2c(cc1I)nc(CCCl)n2Cc1ccsc1. The van der Waals surface area contributed by atoms with Crippen LogP contribution < -0.4 is 0 Å². The normalized spacial score (nSPS) is 11.3. The lowest BCUT2D eigenvalue weighted by atomic mass is 10.3. The van der Waals surface area contributed by atoms with Crippen LogP contribution in [0.15, 0.2) is 29.0 Å². The van der Waals surface area contributed by atoms with Gasteiger partial charge in [0.25, 0.3) is 0 Å². The number of hydrogen-bond donors (Lipinski definition) is 0. The zero-order valence-corrected chi connectivity index (χ0v) is 14.2. The molecule has 0 unspecified atom stereocenters. The standard InChI is InChI=1S/C14H11ClFIN2S/c15-3-1-14-18-12-6-11(17)10(16)5-13(12)19(14)7-9-2-4-20-8-9/h2,4-6,8H,1,3,7H2. The molecule has 104 valence electrons. The fourth-order valence-electron chi connectivity index (χ4n) is 2.19. The Morgan fingerprint density at radius 2 is 2.25 bits per heavy atom. The molecule has 6 heteroatoms. The van der Waals surface area contributed by atoms with Crippen LogP contribution in [0.25, 0.3) is 11.0 Å². The molecular formula is C14H11ClFIN2S. The molecule has 1 aromatic carbocycles. The Morgan fingerprint density at radius 1 is 1.40 bits per heavy atom. The van der Waals surface area contributed by atoms with Gasteiger partial charge in [0, 0.05) is 18.4 Å². The molecule has 20 heavy (non-hydrogen) atoms. The highest BCUT2D eigenvalue weighted by Crippen LogP contribution is 2.24. The number of rotatable bonds is 4. The lowest BCUT2D eigenvalue weighted by Crippen LogP contribution is -2.05. The van der Waals surface area contributed by atoms with Gasteiger partial charge in [0.15, 0.2) is 0 Å². The lowest BCUT2D eigenvalue weighted by Gasteiger charge is -2.07. The van der Waals surface area contributed by atoms with Crippen molar-refractivity contribution in [3.8, 4) is 0 Å². The molecule has 0 aliphatic rings. The van der Waals surface area contributed by atoms with Gasteiger partial charge in [0.1, 0.15) is 11.6 Å². The van der Waals surface area contributed by atoms with Gasteiger partial charge >= 0.3 is 0 Å². The topological polar surface area (TPSA) is 17.8 Å². The Morgan fingerprint density at radius 3 is 2.95 bits per heavy atom. The summed E-state index contributed by atoms with van der Waals surface area (Å²) in [4.78, 5) is 4.60. The number of aryl methyl sites for hydroxylation is 1. The first-order chi connectivity index (χ1) is 9.69. The number of hydrogen-bond acceptors (Lipinski definition) is 2. The van der Waals surface area contributed by atoms with Crippen molar-refractivity contribution in [2.24, 2.45) is 0 Å². The van der Waals surface area contributed by atoms with Crippen molar-refractivity contribution in [1.29, 1.82) is 0 Å². The second-order valence-corrected chi connectivity index (χ2v) is 6.76. The van der Waals surface area contributed by atoms with Gasteiger partial charge < -0.3 is 4.57 Å². The number of aromatic nitrogens is 2. The Hall–Kier alpha value is -0.660. The average molecular weight is 421 g/mol. The highest BCUT2D eigenvalue weighted by molar-refractivity contribution is 14.1. The van der Waals surface area contributed by atoms with E-state index in [9.17, 15) is 4.39 Å². The van der Waals surface area contributed by atoms with Crippen LogP contribution >= 0.6 is 45.5 Å². The van der Waals surface area contributed by atoms with E-state index in [-0.39, 0.29) is 5.82 Å². The average Bonchev–Trinajstić information content (AvgIpc) is 3.02. The fourth-order valence-corrected chi connectivity index (χ4v) is 3.47. The molecule has 0 aliphatic carbocycles. The predicted octanol–water partition coefficient (Wildman–Crippen LogP) is 4.67. The van der Waals surface area contributed by atoms with Crippen LogP contribution in [0, 0.1) is 9.39 Å². The number of imidazole rings is 1. The lowest BCUT2D eigenvalue weighted by molar-refractivity contribution is 0.621. The zero-order valence-electron chi connectivity index (χ0n) is 10.4. The highest BCUT2D eigenvalue weighted by atomic mass is 127. The second kappa shape index (κ2) is 5.99. The van der Waals surface area contributed by atoms with E-state index in [4.69, 9.17) is 11.6 Å². The van der Waals surface area contributed by atoms with Crippen molar-refractivity contribution in [1.82, 2.24) is 9.55 Å². The van der Waals surface area contributed by atoms with Crippen LogP contribution in [-0.4, -0.2) is 15.4 Å². The van der Waals surface area contributed by atoms with Crippen molar-refractivity contribution in [3.63, 3.8) is 0 Å². The third-order valence-electron chi connectivity index (χ3n) is 3.11. The Kier molecular flexibility index (Phi) is 4.28. The van der Waals surface area contributed by atoms with Gasteiger partial charge in [-0.3, -0.25) is 0 Å². The van der Waals surface area contributed by atoms with E-state index in [1.54, 1.807) is 23.5 Å². The molecule has 2 aromatic heterocycles. The summed E-state index contributed by atoms with van der Waals surface area (Å²) in [7, 11) is 0. The number of nitrogens with zero attached hydrogens (tertiary/aromatic N) is 2. The van der Waals surface area contributed by atoms with Crippen LogP contribution in [0.4, 0.5) is 4.39 Å². The van der Waals surface area contributed by atoms with Gasteiger partial charge in [-0.15, -0.1) is 11.6 Å². The molecule has 3 aromatic rings. The van der Waals surface area contributed by atoms with Gasteiger partial charge in [-0.2, -0.15) is 11.3 Å². The number of halogens is 3. The van der Waals surface area contributed by atoms with Crippen LogP contribution in [0.1, 0.15) is 11.4 Å². The van der Waals surface area contributed by atoms with Crippen molar-refractivity contribution in [3.05, 3.63) is 49.7 Å². The van der Waals surface area contributed by atoms with E-state index < -0.39 is 0 Å². The third kappa shape index (κ3) is 2.71. The van der Waals surface area contributed by atoms with E-state index in [0.29, 0.717) is 22.4 Å². The zero-order chi connectivity index (χ0) is 14.1. The van der Waals surface area contributed by atoms with Gasteiger partial charge in [0.2, 0.25) is 0 Å². The molecule has 3 rings (SSSR count). The molecule has 2 heterocycles. The molecule has 2 nitrogen and oxygen atoms in total. The van der Waals surface area contributed by atoms with Crippen LogP contribution in [0.2, 0.25) is 0 Å². The van der Waals surface area contributed by atoms with E-state index in [1.807, 2.05) is 28.0 Å². The number of benzene rings is 1. The molecule has 0 fully saturated rings. The second-order valence-electron chi connectivity index (χ2n) is 4.44. The molecule has 0 spiro atoms. The molecule has 0 atom stereocenters. The summed E-state index contributed by atoms with van der Waals surface area (Å²) < 4.78 is 16.5. The maximum Gasteiger partial charge on any atom is 0.138 e. The maximum atomic E-state index is 13.8. The molecule has 0 saturated carbocycles. The van der Waals surface area contributed by atoms with Gasteiger partial charge in [-0.05, 0) is 51.0 Å². The maximum absolute atomic E-state index is 13.8. The number of fused-ring (bicyclic) bond motifs is 1. The Labute approximate surface area is 138 Å². The van der Waals surface area contributed by atoms with Crippen LogP contribution in [0.3, 0.4) is 0 Å². The highest BCUT2D eigenvalue weighted by Gasteiger charge is 2.13. The Balaban J connectivity index is 2.15. The van der Waals surface area contributed by atoms with Crippen molar-refractivity contribution < 1.29 is 4.39 Å². The summed E-state index contributed by atoms with van der Waals surface area (Å²) in [5.74, 6) is 1.21. The monoisotopic (exact) mass is 420 g/mol. The molecular weight excluding hydrogens is 410 g/mol. The minimum Gasteiger partial charge on any atom is -0.323 e. The van der Waals surface area contributed by atoms with Crippen molar-refractivity contribution >= 4 is 56.6 Å². The molecule has 0 saturated heterocycles.